The number of pyridine rings is 1. The number of aromatic nitrogens is 1. The van der Waals surface area contributed by atoms with Gasteiger partial charge in [0.1, 0.15) is 5.69 Å². The van der Waals surface area contributed by atoms with Crippen LogP contribution in [0.1, 0.15) is 53.0 Å². The Kier molecular flexibility index (Phi) is 5.66. The molecular formula is C19H20ClN3O2. The van der Waals surface area contributed by atoms with Crippen LogP contribution in [0.2, 0.25) is 5.02 Å². The maximum Gasteiger partial charge on any atom is 0.270 e. The van der Waals surface area contributed by atoms with Gasteiger partial charge in [-0.1, -0.05) is 36.9 Å². The second kappa shape index (κ2) is 8.12. The summed E-state index contributed by atoms with van der Waals surface area (Å²) in [5, 5.41) is 6.31. The van der Waals surface area contributed by atoms with Gasteiger partial charge in [0.05, 0.1) is 0 Å². The molecular weight excluding hydrogens is 338 g/mol. The number of carbonyl (C=O) groups is 2. The van der Waals surface area contributed by atoms with Gasteiger partial charge in [-0.25, -0.2) is 0 Å². The number of hydrogen-bond acceptors (Lipinski definition) is 3. The van der Waals surface area contributed by atoms with Crippen LogP contribution in [0.3, 0.4) is 0 Å². The predicted octanol–water partition coefficient (Wildman–Crippen LogP) is 4.05. The van der Waals surface area contributed by atoms with Gasteiger partial charge in [-0.3, -0.25) is 14.6 Å². The highest BCUT2D eigenvalue weighted by Gasteiger charge is 2.18. The van der Waals surface area contributed by atoms with E-state index in [2.05, 4.69) is 15.6 Å². The molecule has 1 heterocycles. The van der Waals surface area contributed by atoms with Crippen LogP contribution in [-0.4, -0.2) is 22.8 Å². The molecule has 0 atom stereocenters. The average Bonchev–Trinajstić information content (AvgIpc) is 2.62. The number of carbonyl (C=O) groups excluding carboxylic acids is 2. The largest absolute Gasteiger partial charge is 0.348 e. The van der Waals surface area contributed by atoms with Crippen LogP contribution in [-0.2, 0) is 0 Å². The molecule has 0 saturated heterocycles. The zero-order valence-electron chi connectivity index (χ0n) is 13.8. The summed E-state index contributed by atoms with van der Waals surface area (Å²) in [5.74, 6) is -0.541. The van der Waals surface area contributed by atoms with Gasteiger partial charge in [0, 0.05) is 28.5 Å². The molecule has 130 valence electrons. The lowest BCUT2D eigenvalue weighted by molar-refractivity contribution is 0.0922. The molecule has 1 aliphatic carbocycles. The molecule has 6 heteroatoms. The van der Waals surface area contributed by atoms with Crippen LogP contribution < -0.4 is 10.6 Å². The monoisotopic (exact) mass is 357 g/mol. The molecule has 0 spiro atoms. The maximum atomic E-state index is 12.4. The summed E-state index contributed by atoms with van der Waals surface area (Å²) < 4.78 is 0. The number of halogens is 1. The van der Waals surface area contributed by atoms with E-state index in [-0.39, 0.29) is 23.6 Å². The van der Waals surface area contributed by atoms with Crippen molar-refractivity contribution < 1.29 is 9.59 Å². The first-order chi connectivity index (χ1) is 12.1. The van der Waals surface area contributed by atoms with E-state index in [0.717, 1.165) is 25.7 Å². The molecule has 2 aromatic rings. The van der Waals surface area contributed by atoms with Crippen LogP contribution in [0, 0.1) is 0 Å². The standard InChI is InChI=1S/C19H20ClN3O2/c20-14-5-4-8-16(12-14)23-18(24)13-9-10-21-17(11-13)19(25)22-15-6-2-1-3-7-15/h4-5,8-12,15H,1-3,6-7H2,(H,22,25)(H,23,24). The average molecular weight is 358 g/mol. The normalized spacial score (nSPS) is 14.8. The van der Waals surface area contributed by atoms with Gasteiger partial charge in [0.2, 0.25) is 0 Å². The van der Waals surface area contributed by atoms with Gasteiger partial charge < -0.3 is 10.6 Å². The summed E-state index contributed by atoms with van der Waals surface area (Å²) in [5.41, 5.74) is 1.23. The van der Waals surface area contributed by atoms with E-state index in [9.17, 15) is 9.59 Å². The van der Waals surface area contributed by atoms with Crippen molar-refractivity contribution in [3.05, 3.63) is 58.9 Å². The molecule has 1 fully saturated rings. The van der Waals surface area contributed by atoms with E-state index in [1.54, 1.807) is 30.3 Å². The summed E-state index contributed by atoms with van der Waals surface area (Å²) in [6.45, 7) is 0. The van der Waals surface area contributed by atoms with Crippen molar-refractivity contribution in [1.82, 2.24) is 10.3 Å². The highest BCUT2D eigenvalue weighted by Crippen LogP contribution is 2.18. The van der Waals surface area contributed by atoms with Crippen LogP contribution >= 0.6 is 11.6 Å². The minimum absolute atomic E-state index is 0.201. The van der Waals surface area contributed by atoms with Gasteiger partial charge in [0.25, 0.3) is 11.8 Å². The lowest BCUT2D eigenvalue weighted by Crippen LogP contribution is -2.36. The highest BCUT2D eigenvalue weighted by molar-refractivity contribution is 6.31. The van der Waals surface area contributed by atoms with Crippen molar-refractivity contribution in [3.63, 3.8) is 0 Å². The first kappa shape index (κ1) is 17.4. The van der Waals surface area contributed by atoms with Crippen molar-refractivity contribution in [2.75, 3.05) is 5.32 Å². The van der Waals surface area contributed by atoms with E-state index in [1.807, 2.05) is 0 Å². The number of nitrogens with zero attached hydrogens (tertiary/aromatic N) is 1. The summed E-state index contributed by atoms with van der Waals surface area (Å²) in [6.07, 6.45) is 6.98. The molecule has 0 unspecified atom stereocenters. The minimum Gasteiger partial charge on any atom is -0.348 e. The quantitative estimate of drug-likeness (QED) is 0.867. The first-order valence-electron chi connectivity index (χ1n) is 8.45. The van der Waals surface area contributed by atoms with E-state index in [4.69, 9.17) is 11.6 Å². The molecule has 0 aliphatic heterocycles. The second-order valence-electron chi connectivity index (χ2n) is 6.20. The number of rotatable bonds is 4. The van der Waals surface area contributed by atoms with Crippen LogP contribution in [0.15, 0.2) is 42.6 Å². The fourth-order valence-corrected chi connectivity index (χ4v) is 3.16. The third kappa shape index (κ3) is 4.79. The molecule has 3 rings (SSSR count). The minimum atomic E-state index is -0.309. The summed E-state index contributed by atoms with van der Waals surface area (Å²) >= 11 is 5.92. The van der Waals surface area contributed by atoms with Gasteiger partial charge in [0.15, 0.2) is 0 Å². The number of benzene rings is 1. The maximum absolute atomic E-state index is 12.4. The molecule has 5 nitrogen and oxygen atoms in total. The fraction of sp³-hybridized carbons (Fsp3) is 0.316. The molecule has 1 saturated carbocycles. The Hall–Kier alpha value is -2.40. The van der Waals surface area contributed by atoms with Gasteiger partial charge in [-0.2, -0.15) is 0 Å². The Balaban J connectivity index is 1.67. The molecule has 25 heavy (non-hydrogen) atoms. The van der Waals surface area contributed by atoms with Crippen LogP contribution in [0.25, 0.3) is 0 Å². The third-order valence-corrected chi connectivity index (χ3v) is 4.51. The summed E-state index contributed by atoms with van der Waals surface area (Å²) in [7, 11) is 0. The van der Waals surface area contributed by atoms with Crippen molar-refractivity contribution >= 4 is 29.1 Å². The van der Waals surface area contributed by atoms with Crippen molar-refractivity contribution in [2.45, 2.75) is 38.1 Å². The molecule has 1 aromatic heterocycles. The number of amides is 2. The van der Waals surface area contributed by atoms with Crippen LogP contribution in [0.5, 0.6) is 0 Å². The summed E-state index contributed by atoms with van der Waals surface area (Å²) in [4.78, 5) is 28.8. The Bertz CT molecular complexity index is 773. The Labute approximate surface area is 151 Å². The molecule has 2 N–H and O–H groups in total. The number of hydrogen-bond donors (Lipinski definition) is 2. The second-order valence-corrected chi connectivity index (χ2v) is 6.64. The van der Waals surface area contributed by atoms with E-state index >= 15 is 0 Å². The first-order valence-corrected chi connectivity index (χ1v) is 8.83. The molecule has 0 bridgehead atoms. The van der Waals surface area contributed by atoms with E-state index in [1.165, 1.54) is 18.7 Å². The molecule has 0 radical (unpaired) electrons. The van der Waals surface area contributed by atoms with E-state index < -0.39 is 0 Å². The predicted molar refractivity (Wildman–Crippen MR) is 98.0 cm³/mol. The zero-order valence-corrected chi connectivity index (χ0v) is 14.6. The Morgan fingerprint density at radius 2 is 1.84 bits per heavy atom. The fourth-order valence-electron chi connectivity index (χ4n) is 2.97. The Morgan fingerprint density at radius 1 is 1.04 bits per heavy atom. The van der Waals surface area contributed by atoms with Crippen molar-refractivity contribution in [3.8, 4) is 0 Å². The smallest absolute Gasteiger partial charge is 0.270 e. The van der Waals surface area contributed by atoms with Gasteiger partial charge in [-0.15, -0.1) is 0 Å². The van der Waals surface area contributed by atoms with Crippen LogP contribution in [0.4, 0.5) is 5.69 Å². The summed E-state index contributed by atoms with van der Waals surface area (Å²) in [6, 6.07) is 10.2. The Morgan fingerprint density at radius 3 is 2.60 bits per heavy atom. The van der Waals surface area contributed by atoms with E-state index in [0.29, 0.717) is 16.3 Å². The number of nitrogens with one attached hydrogen (secondary N) is 2. The highest BCUT2D eigenvalue weighted by atomic mass is 35.5. The van der Waals surface area contributed by atoms with Crippen molar-refractivity contribution in [2.24, 2.45) is 0 Å². The van der Waals surface area contributed by atoms with Crippen molar-refractivity contribution in [1.29, 1.82) is 0 Å². The SMILES string of the molecule is O=C(Nc1cccc(Cl)c1)c1ccnc(C(=O)NC2CCCCC2)c1. The third-order valence-electron chi connectivity index (χ3n) is 4.28. The lowest BCUT2D eigenvalue weighted by atomic mass is 9.95. The molecule has 2 amide bonds. The lowest BCUT2D eigenvalue weighted by Gasteiger charge is -2.22. The van der Waals surface area contributed by atoms with Gasteiger partial charge in [-0.05, 0) is 43.2 Å². The number of anilines is 1. The zero-order chi connectivity index (χ0) is 17.6. The topological polar surface area (TPSA) is 71.1 Å². The molecule has 1 aliphatic rings. The van der Waals surface area contributed by atoms with Gasteiger partial charge >= 0.3 is 0 Å². The molecule has 1 aromatic carbocycles.